The molecule has 0 bridgehead atoms. The summed E-state index contributed by atoms with van der Waals surface area (Å²) in [5, 5.41) is 3.96. The predicted molar refractivity (Wildman–Crippen MR) is 109 cm³/mol. The number of nitrogens with zero attached hydrogens (tertiary/aromatic N) is 1. The van der Waals surface area contributed by atoms with Gasteiger partial charge in [0.15, 0.2) is 18.1 Å². The zero-order chi connectivity index (χ0) is 19.1. The summed E-state index contributed by atoms with van der Waals surface area (Å²) in [7, 11) is 3.16. The van der Waals surface area contributed by atoms with Crippen LogP contribution >= 0.6 is 22.6 Å². The summed E-state index contributed by atoms with van der Waals surface area (Å²) < 4.78 is 17.0. The summed E-state index contributed by atoms with van der Waals surface area (Å²) in [6, 6.07) is 9.46. The first-order valence-electron chi connectivity index (χ1n) is 7.88. The van der Waals surface area contributed by atoms with Crippen molar-refractivity contribution in [3.8, 4) is 17.2 Å². The van der Waals surface area contributed by atoms with Crippen molar-refractivity contribution in [2.24, 2.45) is 5.10 Å². The van der Waals surface area contributed by atoms with Crippen LogP contribution in [0.1, 0.15) is 16.7 Å². The third-order valence-electron chi connectivity index (χ3n) is 3.55. The summed E-state index contributed by atoms with van der Waals surface area (Å²) in [5.41, 5.74) is 5.36. The maximum absolute atomic E-state index is 11.9. The van der Waals surface area contributed by atoms with Gasteiger partial charge in [-0.25, -0.2) is 5.43 Å². The van der Waals surface area contributed by atoms with Crippen LogP contribution in [0.5, 0.6) is 17.2 Å². The smallest absolute Gasteiger partial charge is 0.277 e. The number of nitrogens with one attached hydrogen (secondary N) is 1. The second kappa shape index (κ2) is 9.42. The normalized spacial score (nSPS) is 10.7. The average molecular weight is 468 g/mol. The molecule has 7 heteroatoms. The SMILES string of the molecule is COc1cc(C=NNC(=O)COc2ccc(C)cc2C)cc(I)c1OC. The molecule has 0 fully saturated rings. The highest BCUT2D eigenvalue weighted by Crippen LogP contribution is 2.33. The Balaban J connectivity index is 1.93. The highest BCUT2D eigenvalue weighted by Gasteiger charge is 2.09. The largest absolute Gasteiger partial charge is 0.493 e. The number of carbonyl (C=O) groups excluding carboxylic acids is 1. The third-order valence-corrected chi connectivity index (χ3v) is 4.35. The van der Waals surface area contributed by atoms with Crippen molar-refractivity contribution in [3.63, 3.8) is 0 Å². The van der Waals surface area contributed by atoms with E-state index < -0.39 is 0 Å². The maximum Gasteiger partial charge on any atom is 0.277 e. The molecule has 26 heavy (non-hydrogen) atoms. The lowest BCUT2D eigenvalue weighted by molar-refractivity contribution is -0.123. The maximum atomic E-state index is 11.9. The lowest BCUT2D eigenvalue weighted by Gasteiger charge is -2.10. The fourth-order valence-corrected chi connectivity index (χ4v) is 3.17. The molecule has 2 aromatic rings. The summed E-state index contributed by atoms with van der Waals surface area (Å²) in [5.74, 6) is 1.61. The predicted octanol–water partition coefficient (Wildman–Crippen LogP) is 3.45. The minimum absolute atomic E-state index is 0.106. The van der Waals surface area contributed by atoms with Gasteiger partial charge in [-0.15, -0.1) is 0 Å². The Kier molecular flexibility index (Phi) is 7.26. The summed E-state index contributed by atoms with van der Waals surface area (Å²) in [6.45, 7) is 3.84. The van der Waals surface area contributed by atoms with E-state index in [2.05, 4.69) is 33.1 Å². The average Bonchev–Trinajstić information content (AvgIpc) is 2.60. The van der Waals surface area contributed by atoms with E-state index in [0.29, 0.717) is 17.2 Å². The highest BCUT2D eigenvalue weighted by atomic mass is 127. The van der Waals surface area contributed by atoms with Crippen LogP contribution in [0.25, 0.3) is 0 Å². The molecular weight excluding hydrogens is 447 g/mol. The molecule has 0 saturated heterocycles. The molecule has 138 valence electrons. The van der Waals surface area contributed by atoms with Crippen LogP contribution in [-0.2, 0) is 4.79 Å². The second-order valence-electron chi connectivity index (χ2n) is 5.59. The quantitative estimate of drug-likeness (QED) is 0.384. The number of carbonyl (C=O) groups is 1. The molecule has 0 spiro atoms. The number of hydrogen-bond acceptors (Lipinski definition) is 5. The number of hydrazone groups is 1. The minimum atomic E-state index is -0.337. The van der Waals surface area contributed by atoms with Crippen molar-refractivity contribution in [3.05, 3.63) is 50.6 Å². The van der Waals surface area contributed by atoms with Gasteiger partial charge in [0.2, 0.25) is 0 Å². The molecule has 1 amide bonds. The Labute approximate surface area is 166 Å². The van der Waals surface area contributed by atoms with Crippen LogP contribution in [0.3, 0.4) is 0 Å². The fourth-order valence-electron chi connectivity index (χ4n) is 2.33. The van der Waals surface area contributed by atoms with Crippen LogP contribution in [0.2, 0.25) is 0 Å². The molecular formula is C19H21IN2O4. The van der Waals surface area contributed by atoms with Crippen LogP contribution in [-0.4, -0.2) is 32.9 Å². The van der Waals surface area contributed by atoms with E-state index in [4.69, 9.17) is 14.2 Å². The van der Waals surface area contributed by atoms with Gasteiger partial charge >= 0.3 is 0 Å². The van der Waals surface area contributed by atoms with E-state index in [1.54, 1.807) is 26.5 Å². The van der Waals surface area contributed by atoms with E-state index in [1.165, 1.54) is 0 Å². The number of benzene rings is 2. The molecule has 0 aliphatic heterocycles. The molecule has 6 nitrogen and oxygen atoms in total. The monoisotopic (exact) mass is 468 g/mol. The van der Waals surface area contributed by atoms with Crippen molar-refractivity contribution in [2.75, 3.05) is 20.8 Å². The van der Waals surface area contributed by atoms with Crippen LogP contribution in [0, 0.1) is 17.4 Å². The molecule has 0 aliphatic rings. The van der Waals surface area contributed by atoms with E-state index in [0.717, 1.165) is 20.3 Å². The van der Waals surface area contributed by atoms with Crippen molar-refractivity contribution < 1.29 is 19.0 Å². The van der Waals surface area contributed by atoms with Crippen LogP contribution in [0.4, 0.5) is 0 Å². The summed E-state index contributed by atoms with van der Waals surface area (Å²) >= 11 is 2.15. The molecule has 0 saturated carbocycles. The third kappa shape index (κ3) is 5.35. The van der Waals surface area contributed by atoms with Gasteiger partial charge in [-0.1, -0.05) is 17.7 Å². The first kappa shape index (κ1) is 20.0. The molecule has 2 rings (SSSR count). The summed E-state index contributed by atoms with van der Waals surface area (Å²) in [4.78, 5) is 11.9. The van der Waals surface area contributed by atoms with Crippen molar-refractivity contribution in [2.45, 2.75) is 13.8 Å². The first-order chi connectivity index (χ1) is 12.4. The van der Waals surface area contributed by atoms with Gasteiger partial charge in [0.05, 0.1) is 24.0 Å². The first-order valence-corrected chi connectivity index (χ1v) is 8.96. The molecule has 2 aromatic carbocycles. The number of amides is 1. The Bertz CT molecular complexity index is 821. The zero-order valence-corrected chi connectivity index (χ0v) is 17.3. The van der Waals surface area contributed by atoms with E-state index in [1.807, 2.05) is 38.1 Å². The van der Waals surface area contributed by atoms with Gasteiger partial charge in [0.25, 0.3) is 5.91 Å². The van der Waals surface area contributed by atoms with Gasteiger partial charge in [0, 0.05) is 0 Å². The number of aryl methyl sites for hydroxylation is 2. The molecule has 0 radical (unpaired) electrons. The molecule has 1 N–H and O–H groups in total. The second-order valence-corrected chi connectivity index (χ2v) is 6.75. The van der Waals surface area contributed by atoms with Crippen LogP contribution < -0.4 is 19.6 Å². The van der Waals surface area contributed by atoms with Crippen LogP contribution in [0.15, 0.2) is 35.4 Å². The minimum Gasteiger partial charge on any atom is -0.493 e. The summed E-state index contributed by atoms with van der Waals surface area (Å²) in [6.07, 6.45) is 1.54. The number of ether oxygens (including phenoxy) is 3. The van der Waals surface area contributed by atoms with Crippen molar-refractivity contribution >= 4 is 34.7 Å². The molecule has 0 atom stereocenters. The van der Waals surface area contributed by atoms with Crippen molar-refractivity contribution in [1.82, 2.24) is 5.43 Å². The lowest BCUT2D eigenvalue weighted by Crippen LogP contribution is -2.24. The molecule has 0 aromatic heterocycles. The zero-order valence-electron chi connectivity index (χ0n) is 15.1. The molecule has 0 aliphatic carbocycles. The Morgan fingerprint density at radius 2 is 1.92 bits per heavy atom. The standard InChI is InChI=1S/C19H21IN2O4/c1-12-5-6-16(13(2)7-12)26-11-18(23)22-21-10-14-8-15(20)19(25-4)17(9-14)24-3/h5-10H,11H2,1-4H3,(H,22,23). The van der Waals surface area contributed by atoms with Crippen molar-refractivity contribution in [1.29, 1.82) is 0 Å². The number of rotatable bonds is 7. The van der Waals surface area contributed by atoms with Gasteiger partial charge in [-0.3, -0.25) is 4.79 Å². The molecule has 0 unspecified atom stereocenters. The molecule has 0 heterocycles. The Morgan fingerprint density at radius 1 is 1.15 bits per heavy atom. The van der Waals surface area contributed by atoms with Gasteiger partial charge in [0.1, 0.15) is 5.75 Å². The topological polar surface area (TPSA) is 69.2 Å². The number of halogens is 1. The number of hydrogen-bond donors (Lipinski definition) is 1. The van der Waals surface area contributed by atoms with E-state index >= 15 is 0 Å². The van der Waals surface area contributed by atoms with E-state index in [9.17, 15) is 4.79 Å². The highest BCUT2D eigenvalue weighted by molar-refractivity contribution is 14.1. The van der Waals surface area contributed by atoms with Gasteiger partial charge < -0.3 is 14.2 Å². The van der Waals surface area contributed by atoms with Gasteiger partial charge in [-0.05, 0) is 65.8 Å². The fraction of sp³-hybridized carbons (Fsp3) is 0.263. The van der Waals surface area contributed by atoms with Gasteiger partial charge in [-0.2, -0.15) is 5.10 Å². The Hall–Kier alpha value is -2.29. The lowest BCUT2D eigenvalue weighted by atomic mass is 10.1. The Morgan fingerprint density at radius 3 is 2.58 bits per heavy atom. The number of methoxy groups -OCH3 is 2. The van der Waals surface area contributed by atoms with E-state index in [-0.39, 0.29) is 12.5 Å².